The minimum atomic E-state index is -2.88. The van der Waals surface area contributed by atoms with Gasteiger partial charge in [-0.05, 0) is 156 Å². The second-order valence-corrected chi connectivity index (χ2v) is 24.6. The summed E-state index contributed by atoms with van der Waals surface area (Å²) in [5.41, 5.74) is 1.72. The van der Waals surface area contributed by atoms with Crippen molar-refractivity contribution in [3.05, 3.63) is 36.0 Å². The fourth-order valence-corrected chi connectivity index (χ4v) is 16.0. The van der Waals surface area contributed by atoms with Gasteiger partial charge in [0.2, 0.25) is 0 Å². The Kier molecular flexibility index (Phi) is 11.4. The van der Waals surface area contributed by atoms with E-state index >= 15 is 0 Å². The van der Waals surface area contributed by atoms with Gasteiger partial charge in [-0.3, -0.25) is 0 Å². The van der Waals surface area contributed by atoms with Gasteiger partial charge >= 0.3 is 12.1 Å². The van der Waals surface area contributed by atoms with E-state index in [0.717, 1.165) is 19.5 Å². The normalized spacial score (nSPS) is 42.9. The molecule has 0 radical (unpaired) electrons. The van der Waals surface area contributed by atoms with E-state index < -0.39 is 33.0 Å². The molecular weight excluding hydrogens is 747 g/mol. The Morgan fingerprint density at radius 3 is 2.33 bits per heavy atom. The van der Waals surface area contributed by atoms with E-state index in [1.54, 1.807) is 6.92 Å². The van der Waals surface area contributed by atoms with Crippen LogP contribution in [0.1, 0.15) is 133 Å². The van der Waals surface area contributed by atoms with Gasteiger partial charge in [-0.1, -0.05) is 65.0 Å². The van der Waals surface area contributed by atoms with Crippen LogP contribution in [-0.2, 0) is 24.1 Å². The van der Waals surface area contributed by atoms with Gasteiger partial charge in [0.05, 0.1) is 18.1 Å². The second-order valence-electron chi connectivity index (χ2n) is 22.3. The van der Waals surface area contributed by atoms with Crippen molar-refractivity contribution < 1.29 is 27.5 Å². The number of alkyl carbamates (subject to hydrolysis) is 1. The molecule has 0 spiro atoms. The minimum Gasteiger partial charge on any atom is -0.464 e. The highest BCUT2D eigenvalue weighted by Gasteiger charge is 2.70. The van der Waals surface area contributed by atoms with Crippen molar-refractivity contribution in [2.24, 2.45) is 57.2 Å². The highest BCUT2D eigenvalue weighted by atomic mass is 32.2. The third-order valence-electron chi connectivity index (χ3n) is 17.9. The molecule has 2 N–H and O–H groups in total. The number of fused-ring (bicyclic) bond motifs is 7. The number of esters is 1. The molecule has 5 saturated carbocycles. The van der Waals surface area contributed by atoms with Crippen LogP contribution in [0.4, 0.5) is 4.79 Å². The van der Waals surface area contributed by atoms with E-state index in [1.807, 2.05) is 20.8 Å². The summed E-state index contributed by atoms with van der Waals surface area (Å²) in [6, 6.07) is 0. The van der Waals surface area contributed by atoms with Crippen molar-refractivity contribution in [3.63, 3.8) is 0 Å². The van der Waals surface area contributed by atoms with Crippen molar-refractivity contribution in [1.29, 1.82) is 0 Å². The van der Waals surface area contributed by atoms with Gasteiger partial charge in [0.25, 0.3) is 0 Å². The Hall–Kier alpha value is -2.17. The predicted octanol–water partition coefficient (Wildman–Crippen LogP) is 8.66. The first-order chi connectivity index (χ1) is 27.0. The zero-order valence-corrected chi connectivity index (χ0v) is 38.5. The Balaban J connectivity index is 1.09. The van der Waals surface area contributed by atoms with Gasteiger partial charge in [-0.25, -0.2) is 18.0 Å². The van der Waals surface area contributed by atoms with Crippen LogP contribution in [0.2, 0.25) is 0 Å². The number of nitrogens with one attached hydrogen (secondary N) is 2. The molecule has 0 bridgehead atoms. The molecule has 1 amide bonds. The number of sulfone groups is 1. The van der Waals surface area contributed by atoms with E-state index in [-0.39, 0.29) is 51.2 Å². The highest BCUT2D eigenvalue weighted by molar-refractivity contribution is 7.91. The number of hydrogen-bond acceptors (Lipinski definition) is 8. The molecular formula is C48H77N3O6S. The van der Waals surface area contributed by atoms with Crippen molar-refractivity contribution in [2.75, 3.05) is 44.3 Å². The van der Waals surface area contributed by atoms with Crippen LogP contribution in [0.3, 0.4) is 0 Å². The molecule has 10 heteroatoms. The maximum atomic E-state index is 13.2. The van der Waals surface area contributed by atoms with Gasteiger partial charge < -0.3 is 25.0 Å². The lowest BCUT2D eigenvalue weighted by atomic mass is 9.33. The third-order valence-corrected chi connectivity index (χ3v) is 19.5. The summed E-state index contributed by atoms with van der Waals surface area (Å²) in [6.07, 6.45) is 17.8. The Morgan fingerprint density at radius 1 is 0.966 bits per heavy atom. The summed E-state index contributed by atoms with van der Waals surface area (Å²) in [5.74, 6) is 3.00. The van der Waals surface area contributed by atoms with Crippen LogP contribution in [0.15, 0.2) is 36.0 Å². The molecule has 1 aliphatic heterocycles. The fraction of sp³-hybridized carbons (Fsp3) is 0.833. The lowest BCUT2D eigenvalue weighted by Gasteiger charge is -2.72. The second kappa shape index (κ2) is 15.0. The van der Waals surface area contributed by atoms with E-state index in [4.69, 9.17) is 9.47 Å². The van der Waals surface area contributed by atoms with E-state index in [1.165, 1.54) is 62.5 Å². The smallest absolute Gasteiger partial charge is 0.408 e. The number of amides is 1. The lowest BCUT2D eigenvalue weighted by Crippen LogP contribution is -2.68. The predicted molar refractivity (Wildman–Crippen MR) is 232 cm³/mol. The molecule has 58 heavy (non-hydrogen) atoms. The lowest BCUT2D eigenvalue weighted by molar-refractivity contribution is -0.221. The van der Waals surface area contributed by atoms with Crippen LogP contribution in [0.5, 0.6) is 0 Å². The summed E-state index contributed by atoms with van der Waals surface area (Å²) in [4.78, 5) is 28.4. The van der Waals surface area contributed by atoms with Crippen LogP contribution in [0.25, 0.3) is 0 Å². The molecule has 11 atom stereocenters. The largest absolute Gasteiger partial charge is 0.464 e. The van der Waals surface area contributed by atoms with Gasteiger partial charge in [-0.15, -0.1) is 0 Å². The summed E-state index contributed by atoms with van der Waals surface area (Å²) in [7, 11) is -2.88. The maximum Gasteiger partial charge on any atom is 0.408 e. The quantitative estimate of drug-likeness (QED) is 0.166. The molecule has 9 nitrogen and oxygen atoms in total. The van der Waals surface area contributed by atoms with Crippen LogP contribution < -0.4 is 10.6 Å². The first-order valence-electron chi connectivity index (χ1n) is 22.9. The number of allylic oxidation sites excluding steroid dienone is 4. The van der Waals surface area contributed by atoms with Crippen molar-refractivity contribution in [3.8, 4) is 0 Å². The van der Waals surface area contributed by atoms with Crippen molar-refractivity contribution in [1.82, 2.24) is 15.5 Å². The Bertz CT molecular complexity index is 1800. The molecule has 7 aliphatic rings. The third kappa shape index (κ3) is 7.36. The number of carbonyl (C=O) groups is 2. The highest BCUT2D eigenvalue weighted by Crippen LogP contribution is 2.76. The molecule has 0 aromatic heterocycles. The van der Waals surface area contributed by atoms with Crippen LogP contribution in [0, 0.1) is 57.2 Å². The number of nitrogens with zero attached hydrogens (tertiary/aromatic N) is 1. The average Bonchev–Trinajstić information content (AvgIpc) is 3.67. The van der Waals surface area contributed by atoms with Gasteiger partial charge in [0, 0.05) is 37.6 Å². The van der Waals surface area contributed by atoms with E-state index in [0.29, 0.717) is 49.1 Å². The molecule has 1 heterocycles. The number of hydrogen-bond donors (Lipinski definition) is 2. The Morgan fingerprint density at radius 2 is 1.67 bits per heavy atom. The summed E-state index contributed by atoms with van der Waals surface area (Å²) < 4.78 is 35.2. The van der Waals surface area contributed by atoms with Gasteiger partial charge in [-0.2, -0.15) is 0 Å². The zero-order chi connectivity index (χ0) is 42.3. The molecule has 2 unspecified atom stereocenters. The van der Waals surface area contributed by atoms with Gasteiger partial charge in [0.15, 0.2) is 9.84 Å². The SMILES string of the molecule is C=C(C)[C@@H]1CC[C@]2(NCCN3CCS(=O)(=O)CC3)CC[C@]3(C)[C@H](CC[C@@H]4[C@@]5(C)CC=C(C=CC6CC6(NC(=O)OC(C)(C)C)C(=O)OCC)C(C)(C)[C@@H]5CC[C@]43C)[C@@H]12. The minimum absolute atomic E-state index is 0.0384. The monoisotopic (exact) mass is 824 g/mol. The first kappa shape index (κ1) is 43.9. The zero-order valence-electron chi connectivity index (χ0n) is 37.7. The maximum absolute atomic E-state index is 13.2. The van der Waals surface area contributed by atoms with Gasteiger partial charge in [0.1, 0.15) is 11.1 Å². The van der Waals surface area contributed by atoms with Crippen molar-refractivity contribution >= 4 is 21.9 Å². The molecule has 6 fully saturated rings. The summed E-state index contributed by atoms with van der Waals surface area (Å²) in [5, 5.41) is 7.11. The summed E-state index contributed by atoms with van der Waals surface area (Å²) >= 11 is 0. The van der Waals surface area contributed by atoms with Crippen LogP contribution in [-0.4, -0.2) is 86.4 Å². The van der Waals surface area contributed by atoms with E-state index in [2.05, 4.69) is 81.9 Å². The first-order valence-corrected chi connectivity index (χ1v) is 24.7. The fourth-order valence-electron chi connectivity index (χ4n) is 14.7. The topological polar surface area (TPSA) is 114 Å². The molecule has 0 aromatic rings. The average molecular weight is 824 g/mol. The molecule has 326 valence electrons. The number of ether oxygens (including phenoxy) is 2. The Labute approximate surface area is 351 Å². The molecule has 7 rings (SSSR count). The molecule has 6 aliphatic carbocycles. The van der Waals surface area contributed by atoms with Crippen molar-refractivity contribution in [2.45, 2.75) is 150 Å². The molecule has 0 aromatic carbocycles. The summed E-state index contributed by atoms with van der Waals surface area (Å²) in [6.45, 7) is 30.5. The standard InChI is InChI=1S/C48H77N3O6S/c1-12-56-40(52)48(50-41(53)57-42(4,5)6)31-34(48)14-13-33-17-20-44(9)37(43(33,7)8)19-21-46(11)38(44)16-15-36-39-35(32(2)3)18-22-47(39,24-23-45(36,46)10)49-25-26-51-27-29-58(54,55)30-28-51/h13-14,17,34-39,49H,2,12,15-16,18-31H2,1,3-11H3,(H,50,53)/t34?,35-,36+,37-,38+,39+,44-,45+,46+,47-,48?/m0/s1. The molecule has 1 saturated heterocycles. The number of carbonyl (C=O) groups excluding carboxylic acids is 2. The van der Waals surface area contributed by atoms with E-state index in [9.17, 15) is 18.0 Å². The number of rotatable bonds is 10. The van der Waals surface area contributed by atoms with Crippen LogP contribution >= 0.6 is 0 Å².